The van der Waals surface area contributed by atoms with Crippen molar-refractivity contribution in [2.75, 3.05) is 11.5 Å². The van der Waals surface area contributed by atoms with Gasteiger partial charge in [-0.1, -0.05) is 29.8 Å². The van der Waals surface area contributed by atoms with E-state index >= 15 is 0 Å². The Morgan fingerprint density at radius 1 is 1.13 bits per heavy atom. The van der Waals surface area contributed by atoms with Crippen molar-refractivity contribution in [3.05, 3.63) is 65.5 Å². The Morgan fingerprint density at radius 2 is 1.74 bits per heavy atom. The zero-order valence-corrected chi connectivity index (χ0v) is 12.7. The summed E-state index contributed by atoms with van der Waals surface area (Å²) in [5.74, 6) is -1.35. The molecule has 1 fully saturated rings. The number of hydrogen-bond acceptors (Lipinski definition) is 3. The predicted octanol–water partition coefficient (Wildman–Crippen LogP) is 2.19. The average Bonchev–Trinajstić information content (AvgIpc) is 2.55. The van der Waals surface area contributed by atoms with Gasteiger partial charge in [-0.05, 0) is 36.8 Å². The van der Waals surface area contributed by atoms with Gasteiger partial charge in [0.25, 0.3) is 0 Å². The molecule has 1 aliphatic heterocycles. The number of anilines is 1. The van der Waals surface area contributed by atoms with Crippen LogP contribution in [0.25, 0.3) is 0 Å². The summed E-state index contributed by atoms with van der Waals surface area (Å²) in [5, 5.41) is 19.2. The maximum atomic E-state index is 13.1. The van der Waals surface area contributed by atoms with Crippen molar-refractivity contribution in [3.8, 4) is 0 Å². The number of benzene rings is 2. The van der Waals surface area contributed by atoms with Crippen LogP contribution in [0.4, 0.5) is 10.1 Å². The minimum atomic E-state index is -1.12. The lowest BCUT2D eigenvalue weighted by Crippen LogP contribution is -2.60. The molecule has 5 heteroatoms. The third-order valence-electron chi connectivity index (χ3n) is 4.27. The first-order valence-electron chi connectivity index (χ1n) is 7.47. The fraction of sp³-hybridized carbons (Fsp3) is 0.278. The monoisotopic (exact) mass is 315 g/mol. The van der Waals surface area contributed by atoms with Crippen molar-refractivity contribution in [2.45, 2.75) is 19.1 Å². The summed E-state index contributed by atoms with van der Waals surface area (Å²) in [6, 6.07) is 13.0. The Bertz CT molecular complexity index is 699. The Kier molecular flexibility index (Phi) is 4.15. The highest BCUT2D eigenvalue weighted by Crippen LogP contribution is 2.45. The molecule has 3 rings (SSSR count). The first-order valence-corrected chi connectivity index (χ1v) is 7.47. The molecule has 0 unspecified atom stereocenters. The van der Waals surface area contributed by atoms with Crippen LogP contribution < -0.4 is 4.90 Å². The molecule has 2 N–H and O–H groups in total. The lowest BCUT2D eigenvalue weighted by atomic mass is 9.78. The second-order valence-electron chi connectivity index (χ2n) is 5.82. The zero-order valence-electron chi connectivity index (χ0n) is 12.7. The molecule has 3 atom stereocenters. The van der Waals surface area contributed by atoms with Crippen LogP contribution in [0.2, 0.25) is 0 Å². The number of hydrogen-bond donors (Lipinski definition) is 2. The van der Waals surface area contributed by atoms with Crippen LogP contribution in [0.3, 0.4) is 0 Å². The summed E-state index contributed by atoms with van der Waals surface area (Å²) < 4.78 is 13.1. The van der Waals surface area contributed by atoms with Gasteiger partial charge in [-0.15, -0.1) is 0 Å². The lowest BCUT2D eigenvalue weighted by Gasteiger charge is -2.49. The fourth-order valence-electron chi connectivity index (χ4n) is 3.01. The first-order chi connectivity index (χ1) is 11.0. The van der Waals surface area contributed by atoms with E-state index in [2.05, 4.69) is 0 Å². The predicted molar refractivity (Wildman–Crippen MR) is 84.4 cm³/mol. The summed E-state index contributed by atoms with van der Waals surface area (Å²) in [6.45, 7) is 1.49. The molecule has 0 aromatic heterocycles. The van der Waals surface area contributed by atoms with Crippen molar-refractivity contribution in [2.24, 2.45) is 5.92 Å². The van der Waals surface area contributed by atoms with Gasteiger partial charge in [0, 0.05) is 5.69 Å². The van der Waals surface area contributed by atoms with E-state index in [0.717, 1.165) is 11.1 Å². The molecule has 2 aromatic rings. The first kappa shape index (κ1) is 15.6. The maximum Gasteiger partial charge on any atom is 0.235 e. The topological polar surface area (TPSA) is 60.8 Å². The minimum Gasteiger partial charge on any atom is -0.394 e. The van der Waals surface area contributed by atoms with Gasteiger partial charge in [0.1, 0.15) is 5.82 Å². The van der Waals surface area contributed by atoms with E-state index in [9.17, 15) is 19.4 Å². The van der Waals surface area contributed by atoms with Crippen molar-refractivity contribution in [1.29, 1.82) is 0 Å². The van der Waals surface area contributed by atoms with Gasteiger partial charge in [-0.3, -0.25) is 4.79 Å². The summed E-state index contributed by atoms with van der Waals surface area (Å²) in [6.07, 6.45) is -1.12. The van der Waals surface area contributed by atoms with Crippen LogP contribution in [0.5, 0.6) is 0 Å². The molecule has 120 valence electrons. The van der Waals surface area contributed by atoms with E-state index in [0.29, 0.717) is 5.69 Å². The number of halogens is 1. The zero-order chi connectivity index (χ0) is 16.6. The molecule has 0 saturated carbocycles. The number of carbonyl (C=O) groups is 1. The van der Waals surface area contributed by atoms with Crippen LogP contribution in [0.1, 0.15) is 17.2 Å². The molecule has 1 amide bonds. The van der Waals surface area contributed by atoms with Crippen molar-refractivity contribution in [3.63, 3.8) is 0 Å². The normalized spacial score (nSPS) is 21.9. The highest BCUT2D eigenvalue weighted by atomic mass is 19.1. The van der Waals surface area contributed by atoms with E-state index in [4.69, 9.17) is 0 Å². The summed E-state index contributed by atoms with van der Waals surface area (Å²) in [7, 11) is 0. The van der Waals surface area contributed by atoms with Gasteiger partial charge in [0.2, 0.25) is 5.91 Å². The Morgan fingerprint density at radius 3 is 2.30 bits per heavy atom. The van der Waals surface area contributed by atoms with Gasteiger partial charge in [0.15, 0.2) is 0 Å². The molecule has 0 spiro atoms. The highest BCUT2D eigenvalue weighted by molar-refractivity contribution is 6.03. The second kappa shape index (κ2) is 6.10. The smallest absolute Gasteiger partial charge is 0.235 e. The van der Waals surface area contributed by atoms with E-state index in [1.165, 1.54) is 29.2 Å². The van der Waals surface area contributed by atoms with Crippen LogP contribution in [0, 0.1) is 18.7 Å². The number of carbonyl (C=O) groups excluding carboxylic acids is 1. The molecular formula is C18H18FNO3. The second-order valence-corrected chi connectivity index (χ2v) is 5.82. The van der Waals surface area contributed by atoms with Gasteiger partial charge < -0.3 is 15.1 Å². The SMILES string of the molecule is Cc1ccc([C@@H]2[C@@H]([C@H](O)CO)C(=O)N2c2ccc(F)cc2)cc1. The number of aliphatic hydroxyl groups excluding tert-OH is 2. The Hall–Kier alpha value is -2.24. The summed E-state index contributed by atoms with van der Waals surface area (Å²) in [5.41, 5.74) is 2.53. The molecule has 23 heavy (non-hydrogen) atoms. The van der Waals surface area contributed by atoms with Crippen LogP contribution >= 0.6 is 0 Å². The largest absolute Gasteiger partial charge is 0.394 e. The number of rotatable bonds is 4. The Balaban J connectivity index is 1.99. The van der Waals surface area contributed by atoms with E-state index in [1.54, 1.807) is 0 Å². The average molecular weight is 315 g/mol. The van der Waals surface area contributed by atoms with E-state index in [-0.39, 0.29) is 17.8 Å². The van der Waals surface area contributed by atoms with Gasteiger partial charge in [-0.25, -0.2) is 4.39 Å². The molecule has 0 aliphatic carbocycles. The fourth-order valence-corrected chi connectivity index (χ4v) is 3.01. The summed E-state index contributed by atoms with van der Waals surface area (Å²) in [4.78, 5) is 14.0. The van der Waals surface area contributed by atoms with Crippen molar-refractivity contribution >= 4 is 11.6 Å². The van der Waals surface area contributed by atoms with Gasteiger partial charge in [0.05, 0.1) is 24.7 Å². The van der Waals surface area contributed by atoms with Gasteiger partial charge in [-0.2, -0.15) is 0 Å². The molecule has 1 heterocycles. The number of nitrogens with zero attached hydrogens (tertiary/aromatic N) is 1. The third-order valence-corrected chi connectivity index (χ3v) is 4.27. The van der Waals surface area contributed by atoms with E-state index < -0.39 is 18.6 Å². The Labute approximate surface area is 133 Å². The maximum absolute atomic E-state index is 13.1. The lowest BCUT2D eigenvalue weighted by molar-refractivity contribution is -0.137. The number of aliphatic hydroxyl groups is 2. The third kappa shape index (κ3) is 2.73. The van der Waals surface area contributed by atoms with Crippen LogP contribution in [-0.4, -0.2) is 28.8 Å². The molecule has 0 bridgehead atoms. The molecule has 4 nitrogen and oxygen atoms in total. The van der Waals surface area contributed by atoms with Crippen molar-refractivity contribution in [1.82, 2.24) is 0 Å². The van der Waals surface area contributed by atoms with Crippen LogP contribution in [-0.2, 0) is 4.79 Å². The summed E-state index contributed by atoms with van der Waals surface area (Å²) >= 11 is 0. The molecule has 1 aliphatic rings. The number of β-lactam (4-membered cyclic amide) rings is 1. The number of aryl methyl sites for hydroxylation is 1. The highest BCUT2D eigenvalue weighted by Gasteiger charge is 2.52. The standard InChI is InChI=1S/C18H18FNO3/c1-11-2-4-12(5-3-11)17-16(15(22)10-21)18(23)20(17)14-8-6-13(19)7-9-14/h2-9,15-17,21-22H,10H2,1H3/t15-,16-,17-/m1/s1. The molecule has 2 aromatic carbocycles. The van der Waals surface area contributed by atoms with Gasteiger partial charge >= 0.3 is 0 Å². The van der Waals surface area contributed by atoms with Crippen molar-refractivity contribution < 1.29 is 19.4 Å². The number of amides is 1. The molecular weight excluding hydrogens is 297 g/mol. The molecule has 0 radical (unpaired) electrons. The molecule has 1 saturated heterocycles. The minimum absolute atomic E-state index is 0.274. The van der Waals surface area contributed by atoms with Crippen LogP contribution in [0.15, 0.2) is 48.5 Å². The van der Waals surface area contributed by atoms with E-state index in [1.807, 2.05) is 31.2 Å². The quantitative estimate of drug-likeness (QED) is 0.850.